The number of methoxy groups -OCH3 is 1. The Bertz CT molecular complexity index is 450. The quantitative estimate of drug-likeness (QED) is 0.517. The predicted molar refractivity (Wildman–Crippen MR) is 68.6 cm³/mol. The van der Waals surface area contributed by atoms with Crippen LogP contribution in [0, 0.1) is 0 Å². The highest BCUT2D eigenvalue weighted by Crippen LogP contribution is 2.20. The zero-order chi connectivity index (χ0) is 15.5. The Morgan fingerprint density at radius 3 is 2.45 bits per heavy atom. The highest BCUT2D eigenvalue weighted by atomic mass is 16.5. The monoisotopic (exact) mass is 285 g/mol. The summed E-state index contributed by atoms with van der Waals surface area (Å²) in [5, 5.41) is 4.92. The van der Waals surface area contributed by atoms with Crippen molar-refractivity contribution in [1.82, 2.24) is 15.5 Å². The molecule has 1 aliphatic rings. The van der Waals surface area contributed by atoms with Gasteiger partial charge in [-0.2, -0.15) is 0 Å². The summed E-state index contributed by atoms with van der Waals surface area (Å²) in [4.78, 5) is 47.6. The number of carbonyl (C=O) groups is 4. The summed E-state index contributed by atoms with van der Waals surface area (Å²) in [7, 11) is 1.17. The largest absolute Gasteiger partial charge is 0.467 e. The predicted octanol–water partition coefficient (Wildman–Crippen LogP) is -0.615. The van der Waals surface area contributed by atoms with Gasteiger partial charge in [0.05, 0.1) is 13.7 Å². The van der Waals surface area contributed by atoms with E-state index in [2.05, 4.69) is 15.4 Å². The van der Waals surface area contributed by atoms with Crippen LogP contribution >= 0.6 is 0 Å². The summed E-state index contributed by atoms with van der Waals surface area (Å²) >= 11 is 0. The van der Waals surface area contributed by atoms with Gasteiger partial charge in [0.1, 0.15) is 11.6 Å². The van der Waals surface area contributed by atoms with Gasteiger partial charge in [0.25, 0.3) is 5.91 Å². The number of rotatable bonds is 5. The van der Waals surface area contributed by atoms with E-state index in [1.807, 2.05) is 0 Å². The minimum Gasteiger partial charge on any atom is -0.467 e. The molecule has 0 aromatic carbocycles. The fourth-order valence-electron chi connectivity index (χ4n) is 1.90. The second-order valence-corrected chi connectivity index (χ2v) is 4.81. The van der Waals surface area contributed by atoms with Crippen molar-refractivity contribution in [3.63, 3.8) is 0 Å². The Morgan fingerprint density at radius 2 is 2.05 bits per heavy atom. The molecule has 0 spiro atoms. The smallest absolute Gasteiger partial charge is 0.330 e. The van der Waals surface area contributed by atoms with Crippen LogP contribution in [0.25, 0.3) is 0 Å². The third-order valence-corrected chi connectivity index (χ3v) is 3.28. The zero-order valence-electron chi connectivity index (χ0n) is 12.0. The van der Waals surface area contributed by atoms with E-state index in [0.717, 1.165) is 4.90 Å². The van der Waals surface area contributed by atoms with Crippen molar-refractivity contribution in [2.75, 3.05) is 13.7 Å². The molecule has 4 amide bonds. The number of ether oxygens (including phenoxy) is 1. The fourth-order valence-corrected chi connectivity index (χ4v) is 1.90. The molecule has 2 atom stereocenters. The van der Waals surface area contributed by atoms with E-state index in [1.165, 1.54) is 14.0 Å². The Morgan fingerprint density at radius 1 is 1.45 bits per heavy atom. The number of amides is 4. The van der Waals surface area contributed by atoms with Crippen LogP contribution in [0.4, 0.5) is 4.79 Å². The van der Waals surface area contributed by atoms with Gasteiger partial charge in [-0.05, 0) is 13.3 Å². The number of esters is 1. The van der Waals surface area contributed by atoms with Crippen LogP contribution in [0.3, 0.4) is 0 Å². The maximum atomic E-state index is 12.2. The molecule has 8 nitrogen and oxygen atoms in total. The molecular formula is C12H19N3O5. The molecule has 1 heterocycles. The third-order valence-electron chi connectivity index (χ3n) is 3.28. The second kappa shape index (κ2) is 5.89. The number of urea groups is 1. The standard InChI is InChI=1S/C12H19N3O5/c1-5-12(3)10(18)15(11(19)14-12)6-8(9(17)20-4)13-7(2)16/h8H,5-6H2,1-4H3,(H,13,16)(H,14,19). The highest BCUT2D eigenvalue weighted by Gasteiger charge is 2.47. The summed E-state index contributed by atoms with van der Waals surface area (Å²) in [6.07, 6.45) is 0.428. The molecule has 1 aliphatic heterocycles. The van der Waals surface area contributed by atoms with Crippen molar-refractivity contribution in [3.8, 4) is 0 Å². The minimum atomic E-state index is -1.08. The first kappa shape index (κ1) is 15.9. The molecule has 20 heavy (non-hydrogen) atoms. The lowest BCUT2D eigenvalue weighted by Gasteiger charge is -2.22. The van der Waals surface area contributed by atoms with Crippen molar-refractivity contribution in [1.29, 1.82) is 0 Å². The van der Waals surface area contributed by atoms with Crippen LogP contribution < -0.4 is 10.6 Å². The molecule has 1 saturated heterocycles. The molecule has 0 bridgehead atoms. The van der Waals surface area contributed by atoms with Gasteiger partial charge in [-0.25, -0.2) is 9.59 Å². The summed E-state index contributed by atoms with van der Waals surface area (Å²) in [5.74, 6) is -1.60. The third kappa shape index (κ3) is 3.06. The number of nitrogens with zero attached hydrogens (tertiary/aromatic N) is 1. The molecule has 8 heteroatoms. The summed E-state index contributed by atoms with van der Waals surface area (Å²) < 4.78 is 4.55. The van der Waals surface area contributed by atoms with Crippen molar-refractivity contribution in [2.24, 2.45) is 0 Å². The van der Waals surface area contributed by atoms with Crippen molar-refractivity contribution in [3.05, 3.63) is 0 Å². The lowest BCUT2D eigenvalue weighted by atomic mass is 9.99. The molecule has 0 aromatic heterocycles. The Hall–Kier alpha value is -2.12. The van der Waals surface area contributed by atoms with Gasteiger partial charge in [0, 0.05) is 6.92 Å². The van der Waals surface area contributed by atoms with Crippen LogP contribution in [-0.4, -0.2) is 54.0 Å². The van der Waals surface area contributed by atoms with E-state index in [1.54, 1.807) is 13.8 Å². The molecule has 1 rings (SSSR count). The molecule has 0 aliphatic carbocycles. The molecule has 0 saturated carbocycles. The van der Waals surface area contributed by atoms with Crippen molar-refractivity contribution < 1.29 is 23.9 Å². The Labute approximate surface area is 116 Å². The first-order valence-electron chi connectivity index (χ1n) is 6.24. The zero-order valence-corrected chi connectivity index (χ0v) is 12.0. The maximum absolute atomic E-state index is 12.2. The van der Waals surface area contributed by atoms with Crippen LogP contribution in [-0.2, 0) is 19.1 Å². The number of carbonyl (C=O) groups excluding carboxylic acids is 4. The first-order valence-corrected chi connectivity index (χ1v) is 6.24. The van der Waals surface area contributed by atoms with E-state index in [-0.39, 0.29) is 6.54 Å². The molecule has 2 unspecified atom stereocenters. The lowest BCUT2D eigenvalue weighted by molar-refractivity contribution is -0.145. The lowest BCUT2D eigenvalue weighted by Crippen LogP contribution is -2.50. The van der Waals surface area contributed by atoms with E-state index in [0.29, 0.717) is 6.42 Å². The van der Waals surface area contributed by atoms with Crippen LogP contribution in [0.1, 0.15) is 27.2 Å². The maximum Gasteiger partial charge on any atom is 0.330 e. The van der Waals surface area contributed by atoms with E-state index in [9.17, 15) is 19.2 Å². The van der Waals surface area contributed by atoms with E-state index >= 15 is 0 Å². The summed E-state index contributed by atoms with van der Waals surface area (Å²) in [5.41, 5.74) is -0.978. The minimum absolute atomic E-state index is 0.257. The number of hydrogen-bond acceptors (Lipinski definition) is 5. The van der Waals surface area contributed by atoms with Gasteiger partial charge in [0.2, 0.25) is 5.91 Å². The van der Waals surface area contributed by atoms with Gasteiger partial charge in [-0.15, -0.1) is 0 Å². The average molecular weight is 285 g/mol. The van der Waals surface area contributed by atoms with Gasteiger partial charge >= 0.3 is 12.0 Å². The van der Waals surface area contributed by atoms with Gasteiger partial charge in [-0.1, -0.05) is 6.92 Å². The van der Waals surface area contributed by atoms with E-state index in [4.69, 9.17) is 0 Å². The SMILES string of the molecule is CCC1(C)NC(=O)N(CC(NC(C)=O)C(=O)OC)C1=O. The summed E-state index contributed by atoms with van der Waals surface area (Å²) in [6.45, 7) is 4.36. The molecule has 1 fully saturated rings. The first-order chi connectivity index (χ1) is 9.25. The topological polar surface area (TPSA) is 105 Å². The van der Waals surface area contributed by atoms with Gasteiger partial charge in [-0.3, -0.25) is 14.5 Å². The fraction of sp³-hybridized carbons (Fsp3) is 0.667. The number of nitrogens with one attached hydrogen (secondary N) is 2. The molecule has 112 valence electrons. The van der Waals surface area contributed by atoms with Crippen LogP contribution in [0.2, 0.25) is 0 Å². The van der Waals surface area contributed by atoms with Crippen molar-refractivity contribution >= 4 is 23.8 Å². The summed E-state index contributed by atoms with van der Waals surface area (Å²) in [6, 6.07) is -1.66. The molecule has 0 radical (unpaired) electrons. The van der Waals surface area contributed by atoms with Gasteiger partial charge in [0.15, 0.2) is 0 Å². The van der Waals surface area contributed by atoms with E-state index < -0.39 is 35.4 Å². The number of imide groups is 1. The molecule has 2 N–H and O–H groups in total. The Kier molecular flexibility index (Phi) is 4.69. The van der Waals surface area contributed by atoms with Crippen molar-refractivity contribution in [2.45, 2.75) is 38.8 Å². The average Bonchev–Trinajstić information content (AvgIpc) is 2.60. The number of hydrogen-bond donors (Lipinski definition) is 2. The normalized spacial score (nSPS) is 23.3. The highest BCUT2D eigenvalue weighted by molar-refractivity contribution is 6.07. The van der Waals surface area contributed by atoms with Crippen LogP contribution in [0.5, 0.6) is 0 Å². The van der Waals surface area contributed by atoms with Gasteiger partial charge < -0.3 is 15.4 Å². The molecular weight excluding hydrogens is 266 g/mol. The second-order valence-electron chi connectivity index (χ2n) is 4.81. The Balaban J connectivity index is 2.88. The van der Waals surface area contributed by atoms with Crippen LogP contribution in [0.15, 0.2) is 0 Å². The molecule has 0 aromatic rings.